The number of H-pyrrole nitrogens is 1. The normalized spacial score (nSPS) is 16.0. The van der Waals surface area contributed by atoms with Crippen LogP contribution in [-0.2, 0) is 17.9 Å². The molecule has 0 radical (unpaired) electrons. The van der Waals surface area contributed by atoms with E-state index in [1.54, 1.807) is 7.11 Å². The fourth-order valence-corrected chi connectivity index (χ4v) is 3.25. The van der Waals surface area contributed by atoms with Crippen LogP contribution in [0.2, 0.25) is 0 Å². The number of hydrogen-bond acceptors (Lipinski definition) is 6. The third-order valence-electron chi connectivity index (χ3n) is 4.60. The molecular formula is C18H23N5O2. The summed E-state index contributed by atoms with van der Waals surface area (Å²) in [6, 6.07) is 11.2. The maximum atomic E-state index is 5.87. The molecular weight excluding hydrogens is 318 g/mol. The fraction of sp³-hybridized carbons (Fsp3) is 0.444. The van der Waals surface area contributed by atoms with Crippen molar-refractivity contribution in [2.45, 2.75) is 32.0 Å². The first kappa shape index (κ1) is 16.1. The van der Waals surface area contributed by atoms with E-state index in [0.717, 1.165) is 61.0 Å². The van der Waals surface area contributed by atoms with Crippen molar-refractivity contribution in [3.63, 3.8) is 0 Å². The first-order valence-corrected chi connectivity index (χ1v) is 8.68. The van der Waals surface area contributed by atoms with Gasteiger partial charge in [0.05, 0.1) is 18.0 Å². The minimum atomic E-state index is 0.489. The van der Waals surface area contributed by atoms with E-state index in [4.69, 9.17) is 9.15 Å². The summed E-state index contributed by atoms with van der Waals surface area (Å²) in [5.41, 5.74) is 3.80. The molecule has 0 bridgehead atoms. The van der Waals surface area contributed by atoms with Crippen molar-refractivity contribution in [3.8, 4) is 0 Å². The van der Waals surface area contributed by atoms with Crippen LogP contribution in [-0.4, -0.2) is 41.4 Å². The van der Waals surface area contributed by atoms with Gasteiger partial charge < -0.3 is 19.4 Å². The third-order valence-corrected chi connectivity index (χ3v) is 4.60. The predicted molar refractivity (Wildman–Crippen MR) is 95.4 cm³/mol. The number of methoxy groups -OCH3 is 1. The summed E-state index contributed by atoms with van der Waals surface area (Å²) in [4.78, 5) is 6.81. The summed E-state index contributed by atoms with van der Waals surface area (Å²) in [5, 5.41) is 10.9. The van der Waals surface area contributed by atoms with Crippen LogP contribution in [0.3, 0.4) is 0 Å². The molecule has 0 unspecified atom stereocenters. The van der Waals surface area contributed by atoms with Crippen molar-refractivity contribution in [1.29, 1.82) is 0 Å². The van der Waals surface area contributed by atoms with Gasteiger partial charge in [0.1, 0.15) is 5.52 Å². The zero-order valence-electron chi connectivity index (χ0n) is 14.4. The number of aromatic nitrogens is 3. The Morgan fingerprint density at radius 2 is 2.16 bits per heavy atom. The molecule has 132 valence electrons. The van der Waals surface area contributed by atoms with Gasteiger partial charge >= 0.3 is 0 Å². The number of rotatable bonds is 6. The van der Waals surface area contributed by atoms with Crippen LogP contribution in [0.4, 0.5) is 6.01 Å². The molecule has 3 aromatic rings. The van der Waals surface area contributed by atoms with Crippen molar-refractivity contribution in [2.75, 3.05) is 25.1 Å². The second-order valence-electron chi connectivity index (χ2n) is 6.42. The number of nitrogens with zero attached hydrogens (tertiary/aromatic N) is 3. The molecule has 0 aliphatic carbocycles. The molecule has 1 saturated heterocycles. The molecule has 4 rings (SSSR count). The van der Waals surface area contributed by atoms with E-state index in [1.165, 1.54) is 0 Å². The van der Waals surface area contributed by atoms with Gasteiger partial charge in [-0.05, 0) is 31.0 Å². The number of ether oxygens (including phenoxy) is 1. The van der Waals surface area contributed by atoms with Crippen LogP contribution in [0, 0.1) is 0 Å². The topological polar surface area (TPSA) is 79.2 Å². The molecule has 0 atom stereocenters. The Labute approximate surface area is 146 Å². The lowest BCUT2D eigenvalue weighted by molar-refractivity contribution is 0.181. The summed E-state index contributed by atoms with van der Waals surface area (Å²) in [6.45, 7) is 3.23. The SMILES string of the molecule is COCc1cc(CNC2CCN(c3nc4ccccc4o3)CC2)n[nH]1. The molecule has 7 heteroatoms. The van der Waals surface area contributed by atoms with Gasteiger partial charge in [0.25, 0.3) is 6.01 Å². The second-order valence-corrected chi connectivity index (χ2v) is 6.42. The highest BCUT2D eigenvalue weighted by atomic mass is 16.5. The summed E-state index contributed by atoms with van der Waals surface area (Å²) >= 11 is 0. The van der Waals surface area contributed by atoms with E-state index in [1.807, 2.05) is 30.3 Å². The van der Waals surface area contributed by atoms with Crippen LogP contribution in [0.15, 0.2) is 34.7 Å². The lowest BCUT2D eigenvalue weighted by atomic mass is 10.1. The predicted octanol–water partition coefficient (Wildman–Crippen LogP) is 2.46. The highest BCUT2D eigenvalue weighted by Crippen LogP contribution is 2.24. The molecule has 2 aromatic heterocycles. The Balaban J connectivity index is 1.29. The lowest BCUT2D eigenvalue weighted by Gasteiger charge is -2.31. The van der Waals surface area contributed by atoms with Gasteiger partial charge in [0.15, 0.2) is 5.58 Å². The standard InChI is InChI=1S/C18H23N5O2/c1-24-12-15-10-14(21-22-15)11-19-13-6-8-23(9-7-13)18-20-16-4-2-3-5-17(16)25-18/h2-5,10,13,19H,6-9,11-12H2,1H3,(H,21,22). The first-order chi connectivity index (χ1) is 12.3. The maximum Gasteiger partial charge on any atom is 0.298 e. The highest BCUT2D eigenvalue weighted by molar-refractivity contribution is 5.74. The number of benzene rings is 1. The largest absolute Gasteiger partial charge is 0.423 e. The van der Waals surface area contributed by atoms with Gasteiger partial charge in [0, 0.05) is 32.8 Å². The first-order valence-electron chi connectivity index (χ1n) is 8.68. The van der Waals surface area contributed by atoms with E-state index in [9.17, 15) is 0 Å². The van der Waals surface area contributed by atoms with Gasteiger partial charge in [-0.1, -0.05) is 12.1 Å². The van der Waals surface area contributed by atoms with Gasteiger partial charge in [-0.25, -0.2) is 0 Å². The van der Waals surface area contributed by atoms with E-state index in [0.29, 0.717) is 12.6 Å². The minimum Gasteiger partial charge on any atom is -0.423 e. The number of hydrogen-bond donors (Lipinski definition) is 2. The number of oxazole rings is 1. The number of aromatic amines is 1. The number of anilines is 1. The Kier molecular flexibility index (Phi) is 4.67. The Bertz CT molecular complexity index is 787. The summed E-state index contributed by atoms with van der Waals surface area (Å²) < 4.78 is 11.0. The van der Waals surface area contributed by atoms with Gasteiger partial charge in [-0.2, -0.15) is 10.1 Å². The monoisotopic (exact) mass is 341 g/mol. The Morgan fingerprint density at radius 3 is 2.96 bits per heavy atom. The number of nitrogens with one attached hydrogen (secondary N) is 2. The van der Waals surface area contributed by atoms with Crippen LogP contribution >= 0.6 is 0 Å². The zero-order valence-corrected chi connectivity index (χ0v) is 14.4. The summed E-state index contributed by atoms with van der Waals surface area (Å²) in [7, 11) is 1.68. The molecule has 0 amide bonds. The lowest BCUT2D eigenvalue weighted by Crippen LogP contribution is -2.42. The van der Waals surface area contributed by atoms with Gasteiger partial charge in [0.2, 0.25) is 0 Å². The second kappa shape index (κ2) is 7.25. The van der Waals surface area contributed by atoms with Crippen LogP contribution < -0.4 is 10.2 Å². The minimum absolute atomic E-state index is 0.489. The van der Waals surface area contributed by atoms with Crippen molar-refractivity contribution in [1.82, 2.24) is 20.5 Å². The number of fused-ring (bicyclic) bond motifs is 1. The fourth-order valence-electron chi connectivity index (χ4n) is 3.25. The third kappa shape index (κ3) is 3.67. The summed E-state index contributed by atoms with van der Waals surface area (Å²) in [6.07, 6.45) is 2.13. The van der Waals surface area contributed by atoms with Crippen molar-refractivity contribution < 1.29 is 9.15 Å². The molecule has 0 spiro atoms. The average molecular weight is 341 g/mol. The van der Waals surface area contributed by atoms with E-state index >= 15 is 0 Å². The van der Waals surface area contributed by atoms with Crippen molar-refractivity contribution >= 4 is 17.1 Å². The van der Waals surface area contributed by atoms with E-state index in [-0.39, 0.29) is 0 Å². The average Bonchev–Trinajstić information content (AvgIpc) is 3.27. The van der Waals surface area contributed by atoms with E-state index in [2.05, 4.69) is 25.4 Å². The van der Waals surface area contributed by atoms with Gasteiger partial charge in [-0.15, -0.1) is 0 Å². The Hall–Kier alpha value is -2.38. The van der Waals surface area contributed by atoms with Gasteiger partial charge in [-0.3, -0.25) is 5.10 Å². The van der Waals surface area contributed by atoms with Crippen molar-refractivity contribution in [3.05, 3.63) is 41.7 Å². The molecule has 1 aromatic carbocycles. The Morgan fingerprint density at radius 1 is 1.32 bits per heavy atom. The zero-order chi connectivity index (χ0) is 17.1. The maximum absolute atomic E-state index is 5.87. The van der Waals surface area contributed by atoms with Crippen LogP contribution in [0.5, 0.6) is 0 Å². The molecule has 25 heavy (non-hydrogen) atoms. The van der Waals surface area contributed by atoms with Crippen LogP contribution in [0.25, 0.3) is 11.1 Å². The van der Waals surface area contributed by atoms with Crippen LogP contribution in [0.1, 0.15) is 24.2 Å². The number of para-hydroxylation sites is 2. The molecule has 1 aliphatic rings. The molecule has 1 fully saturated rings. The molecule has 0 saturated carbocycles. The van der Waals surface area contributed by atoms with Crippen molar-refractivity contribution in [2.24, 2.45) is 0 Å². The van der Waals surface area contributed by atoms with E-state index < -0.39 is 0 Å². The quantitative estimate of drug-likeness (QED) is 0.717. The highest BCUT2D eigenvalue weighted by Gasteiger charge is 2.22. The molecule has 7 nitrogen and oxygen atoms in total. The molecule has 1 aliphatic heterocycles. The number of piperidine rings is 1. The molecule has 3 heterocycles. The molecule has 2 N–H and O–H groups in total. The smallest absolute Gasteiger partial charge is 0.298 e. The summed E-state index contributed by atoms with van der Waals surface area (Å²) in [5.74, 6) is 0.